The standard InChI is InChI=1S/C25H27N3O7S2/c1-5-16(6-2)23(31)26-24-27-28-25(37-24)36-14-17-12-18(29)21(13-34-17)35-22(30)10-8-15-7-9-19(32-3)20(11-15)33-4/h7-13,16H,5-6,14H2,1-4H3,(H,26,27,31). The fourth-order valence-corrected chi connectivity index (χ4v) is 4.82. The summed E-state index contributed by atoms with van der Waals surface area (Å²) in [6, 6.07) is 6.41. The minimum Gasteiger partial charge on any atom is -0.493 e. The molecule has 0 fully saturated rings. The maximum atomic E-state index is 12.4. The number of benzene rings is 1. The lowest BCUT2D eigenvalue weighted by Crippen LogP contribution is -2.21. The number of hydrogen-bond donors (Lipinski definition) is 1. The highest BCUT2D eigenvalue weighted by Gasteiger charge is 2.17. The molecule has 0 aliphatic heterocycles. The second-order valence-electron chi connectivity index (χ2n) is 7.61. The molecular weight excluding hydrogens is 518 g/mol. The SMILES string of the molecule is CCC(CC)C(=O)Nc1nnc(SCc2cc(=O)c(OC(=O)C=Cc3ccc(OC)c(OC)c3)co2)s1. The molecule has 1 amide bonds. The Kier molecular flexibility index (Phi) is 10.3. The van der Waals surface area contributed by atoms with Gasteiger partial charge in [-0.1, -0.05) is 43.0 Å². The molecule has 3 aromatic rings. The first-order chi connectivity index (χ1) is 17.9. The number of esters is 1. The minimum absolute atomic E-state index is 0.0663. The fraction of sp³-hybridized carbons (Fsp3) is 0.320. The van der Waals surface area contributed by atoms with Crippen LogP contribution >= 0.6 is 23.1 Å². The van der Waals surface area contributed by atoms with Crippen molar-refractivity contribution in [2.75, 3.05) is 19.5 Å². The van der Waals surface area contributed by atoms with Gasteiger partial charge in [0.1, 0.15) is 12.0 Å². The lowest BCUT2D eigenvalue weighted by atomic mass is 10.0. The van der Waals surface area contributed by atoms with Gasteiger partial charge in [-0.2, -0.15) is 0 Å². The summed E-state index contributed by atoms with van der Waals surface area (Å²) in [6.07, 6.45) is 5.32. The first-order valence-electron chi connectivity index (χ1n) is 11.4. The molecular formula is C25H27N3O7S2. The molecule has 0 saturated carbocycles. The number of ether oxygens (including phenoxy) is 3. The van der Waals surface area contributed by atoms with Gasteiger partial charge in [0.25, 0.3) is 0 Å². The van der Waals surface area contributed by atoms with E-state index in [9.17, 15) is 14.4 Å². The third kappa shape index (κ3) is 7.92. The summed E-state index contributed by atoms with van der Waals surface area (Å²) < 4.78 is 21.6. The highest BCUT2D eigenvalue weighted by atomic mass is 32.2. The molecule has 1 aromatic carbocycles. The molecule has 37 heavy (non-hydrogen) atoms. The van der Waals surface area contributed by atoms with E-state index in [0.29, 0.717) is 38.0 Å². The maximum Gasteiger partial charge on any atom is 0.336 e. The van der Waals surface area contributed by atoms with Crippen molar-refractivity contribution >= 4 is 46.2 Å². The smallest absolute Gasteiger partial charge is 0.336 e. The number of carbonyl (C=O) groups excluding carboxylic acids is 2. The van der Waals surface area contributed by atoms with Crippen LogP contribution in [0, 0.1) is 5.92 Å². The predicted molar refractivity (Wildman–Crippen MR) is 141 cm³/mol. The zero-order valence-corrected chi connectivity index (χ0v) is 22.4. The fourth-order valence-electron chi connectivity index (χ4n) is 3.17. The molecule has 196 valence electrons. The number of amides is 1. The Balaban J connectivity index is 1.54. The van der Waals surface area contributed by atoms with Gasteiger partial charge in [-0.3, -0.25) is 9.59 Å². The molecule has 0 aliphatic carbocycles. The maximum absolute atomic E-state index is 12.4. The van der Waals surface area contributed by atoms with Gasteiger partial charge in [0.2, 0.25) is 22.2 Å². The third-order valence-corrected chi connectivity index (χ3v) is 7.21. The van der Waals surface area contributed by atoms with Gasteiger partial charge in [0.05, 0.1) is 20.0 Å². The topological polar surface area (TPSA) is 130 Å². The molecule has 0 unspecified atom stereocenters. The molecule has 0 radical (unpaired) electrons. The molecule has 0 saturated heterocycles. The summed E-state index contributed by atoms with van der Waals surface area (Å²) in [5.74, 6) is 0.651. The number of methoxy groups -OCH3 is 2. The van der Waals surface area contributed by atoms with Crippen molar-refractivity contribution in [2.45, 2.75) is 36.8 Å². The molecule has 0 spiro atoms. The minimum atomic E-state index is -0.735. The highest BCUT2D eigenvalue weighted by Crippen LogP contribution is 2.29. The van der Waals surface area contributed by atoms with Crippen LogP contribution in [0.4, 0.5) is 5.13 Å². The predicted octanol–water partition coefficient (Wildman–Crippen LogP) is 4.79. The van der Waals surface area contributed by atoms with Crippen molar-refractivity contribution in [2.24, 2.45) is 5.92 Å². The number of aromatic nitrogens is 2. The largest absolute Gasteiger partial charge is 0.493 e. The molecule has 10 nitrogen and oxygen atoms in total. The van der Waals surface area contributed by atoms with E-state index >= 15 is 0 Å². The molecule has 1 N–H and O–H groups in total. The van der Waals surface area contributed by atoms with E-state index in [-0.39, 0.29) is 17.6 Å². The number of nitrogens with one attached hydrogen (secondary N) is 1. The van der Waals surface area contributed by atoms with Crippen LogP contribution in [-0.2, 0) is 15.3 Å². The summed E-state index contributed by atoms with van der Waals surface area (Å²) >= 11 is 2.54. The van der Waals surface area contributed by atoms with Crippen molar-refractivity contribution < 1.29 is 28.2 Å². The Labute approximate surface area is 222 Å². The number of thioether (sulfide) groups is 1. The normalized spacial score (nSPS) is 11.1. The van der Waals surface area contributed by atoms with Crippen LogP contribution in [0.15, 0.2) is 50.2 Å². The van der Waals surface area contributed by atoms with Gasteiger partial charge in [0.15, 0.2) is 15.8 Å². The van der Waals surface area contributed by atoms with E-state index in [0.717, 1.165) is 19.1 Å². The molecule has 12 heteroatoms. The van der Waals surface area contributed by atoms with Crippen molar-refractivity contribution in [3.63, 3.8) is 0 Å². The second-order valence-corrected chi connectivity index (χ2v) is 9.81. The van der Waals surface area contributed by atoms with Crippen LogP contribution in [0.3, 0.4) is 0 Å². The van der Waals surface area contributed by atoms with Crippen LogP contribution in [-0.4, -0.2) is 36.3 Å². The number of rotatable bonds is 12. The third-order valence-electron chi connectivity index (χ3n) is 5.21. The van der Waals surface area contributed by atoms with Crippen LogP contribution in [0.2, 0.25) is 0 Å². The summed E-state index contributed by atoms with van der Waals surface area (Å²) in [6.45, 7) is 3.93. The van der Waals surface area contributed by atoms with E-state index < -0.39 is 11.4 Å². The van der Waals surface area contributed by atoms with Gasteiger partial charge in [-0.25, -0.2) is 4.79 Å². The first-order valence-corrected chi connectivity index (χ1v) is 13.2. The number of hydrogen-bond acceptors (Lipinski definition) is 11. The average Bonchev–Trinajstić information content (AvgIpc) is 3.35. The molecule has 2 aromatic heterocycles. The molecule has 0 bridgehead atoms. The molecule has 0 atom stereocenters. The Bertz CT molecular complexity index is 1320. The number of nitrogens with zero attached hydrogens (tertiary/aromatic N) is 2. The Morgan fingerprint density at radius 2 is 1.86 bits per heavy atom. The lowest BCUT2D eigenvalue weighted by molar-refractivity contribution is -0.129. The summed E-state index contributed by atoms with van der Waals surface area (Å²) in [5.41, 5.74) is 0.189. The van der Waals surface area contributed by atoms with Crippen LogP contribution in [0.5, 0.6) is 17.2 Å². The number of anilines is 1. The Morgan fingerprint density at radius 3 is 2.54 bits per heavy atom. The van der Waals surface area contributed by atoms with Crippen molar-refractivity contribution in [1.82, 2.24) is 10.2 Å². The van der Waals surface area contributed by atoms with E-state index in [1.807, 2.05) is 13.8 Å². The highest BCUT2D eigenvalue weighted by molar-refractivity contribution is 8.00. The Hall–Kier alpha value is -3.64. The van der Waals surface area contributed by atoms with Gasteiger partial charge in [-0.05, 0) is 36.6 Å². The van der Waals surface area contributed by atoms with Crippen molar-refractivity contribution in [3.8, 4) is 17.2 Å². The average molecular weight is 546 g/mol. The summed E-state index contributed by atoms with van der Waals surface area (Å²) in [5, 5.41) is 11.2. The van der Waals surface area contributed by atoms with E-state index in [4.69, 9.17) is 18.6 Å². The quantitative estimate of drug-likeness (QED) is 0.147. The van der Waals surface area contributed by atoms with E-state index in [1.165, 1.54) is 55.5 Å². The molecule has 2 heterocycles. The van der Waals surface area contributed by atoms with Crippen molar-refractivity contribution in [3.05, 3.63) is 58.2 Å². The van der Waals surface area contributed by atoms with Gasteiger partial charge < -0.3 is 23.9 Å². The zero-order chi connectivity index (χ0) is 26.8. The van der Waals surface area contributed by atoms with Gasteiger partial charge in [0, 0.05) is 18.1 Å². The lowest BCUT2D eigenvalue weighted by Gasteiger charge is -2.09. The van der Waals surface area contributed by atoms with Crippen LogP contribution in [0.25, 0.3) is 6.08 Å². The van der Waals surface area contributed by atoms with Crippen molar-refractivity contribution in [1.29, 1.82) is 0 Å². The summed E-state index contributed by atoms with van der Waals surface area (Å²) in [4.78, 5) is 36.8. The first kappa shape index (κ1) is 27.9. The molecule has 3 rings (SSSR count). The van der Waals surface area contributed by atoms with Crippen LogP contribution in [0.1, 0.15) is 38.0 Å². The van der Waals surface area contributed by atoms with Crippen LogP contribution < -0.4 is 25.0 Å². The van der Waals surface area contributed by atoms with Gasteiger partial charge in [-0.15, -0.1) is 10.2 Å². The number of carbonyl (C=O) groups is 2. The zero-order valence-electron chi connectivity index (χ0n) is 20.8. The van der Waals surface area contributed by atoms with E-state index in [2.05, 4.69) is 15.5 Å². The van der Waals surface area contributed by atoms with E-state index in [1.54, 1.807) is 18.2 Å². The second kappa shape index (κ2) is 13.6. The monoisotopic (exact) mass is 545 g/mol. The summed E-state index contributed by atoms with van der Waals surface area (Å²) in [7, 11) is 3.05. The Morgan fingerprint density at radius 1 is 1.11 bits per heavy atom. The van der Waals surface area contributed by atoms with Gasteiger partial charge >= 0.3 is 5.97 Å². The molecule has 0 aliphatic rings.